The number of unbranched alkanes of at least 4 members (excludes halogenated alkanes) is 13. The minimum absolute atomic E-state index is 0. The summed E-state index contributed by atoms with van der Waals surface area (Å²) in [7, 11) is 0. The fourth-order valence-corrected chi connectivity index (χ4v) is 3.34. The van der Waals surface area contributed by atoms with Gasteiger partial charge in [0.1, 0.15) is 0 Å². The van der Waals surface area contributed by atoms with Gasteiger partial charge in [0.25, 0.3) is 0 Å². The van der Waals surface area contributed by atoms with Crippen LogP contribution in [0.3, 0.4) is 0 Å². The van der Waals surface area contributed by atoms with Gasteiger partial charge in [-0.1, -0.05) is 121 Å². The topological polar surface area (TPSA) is 9.23 Å². The minimum atomic E-state index is 0. The van der Waals surface area contributed by atoms with Crippen molar-refractivity contribution in [3.63, 3.8) is 0 Å². The van der Waals surface area contributed by atoms with E-state index in [1.807, 2.05) is 0 Å². The predicted octanol–water partition coefficient (Wildman–Crippen LogP) is 8.15. The summed E-state index contributed by atoms with van der Waals surface area (Å²) in [4.78, 5) is 0. The Morgan fingerprint density at radius 3 is 1.54 bits per heavy atom. The van der Waals surface area contributed by atoms with Crippen LogP contribution in [0.25, 0.3) is 0 Å². The molecule has 0 N–H and O–H groups in total. The number of rotatable bonds is 18. The standard InChI is InChI=1S/C24H42O.ClH/c1-2-3-4-5-6-7-8-9-10-11-12-13-14-18-22-25-23-21-24-19-16-15-17-20-24;/h15-17,19-20H,2-14,18,21-23H2,1H3;1H. The van der Waals surface area contributed by atoms with Crippen LogP contribution in [0, 0.1) is 0 Å². The van der Waals surface area contributed by atoms with E-state index in [4.69, 9.17) is 4.74 Å². The van der Waals surface area contributed by atoms with Crippen LogP contribution in [-0.4, -0.2) is 13.2 Å². The van der Waals surface area contributed by atoms with Crippen LogP contribution < -0.4 is 0 Å². The van der Waals surface area contributed by atoms with Crippen LogP contribution in [-0.2, 0) is 11.2 Å². The van der Waals surface area contributed by atoms with E-state index in [1.54, 1.807) is 0 Å². The number of hydrogen-bond donors (Lipinski definition) is 0. The Hall–Kier alpha value is -0.530. The van der Waals surface area contributed by atoms with Crippen molar-refractivity contribution in [2.75, 3.05) is 13.2 Å². The number of halogens is 1. The lowest BCUT2D eigenvalue weighted by atomic mass is 10.0. The summed E-state index contributed by atoms with van der Waals surface area (Å²) in [5, 5.41) is 0. The molecule has 2 heteroatoms. The Kier molecular flexibility index (Phi) is 20.4. The van der Waals surface area contributed by atoms with Crippen LogP contribution >= 0.6 is 12.4 Å². The second-order valence-corrected chi connectivity index (χ2v) is 7.44. The van der Waals surface area contributed by atoms with Gasteiger partial charge >= 0.3 is 0 Å². The minimum Gasteiger partial charge on any atom is -0.381 e. The predicted molar refractivity (Wildman–Crippen MR) is 119 cm³/mol. The summed E-state index contributed by atoms with van der Waals surface area (Å²) < 4.78 is 5.74. The van der Waals surface area contributed by atoms with E-state index in [1.165, 1.54) is 95.5 Å². The quantitative estimate of drug-likeness (QED) is 0.233. The monoisotopic (exact) mass is 382 g/mol. The molecular weight excluding hydrogens is 340 g/mol. The van der Waals surface area contributed by atoms with E-state index in [0.29, 0.717) is 0 Å². The van der Waals surface area contributed by atoms with Crippen molar-refractivity contribution in [2.45, 2.75) is 103 Å². The van der Waals surface area contributed by atoms with Crippen LogP contribution in [0.5, 0.6) is 0 Å². The molecule has 0 saturated carbocycles. The third kappa shape index (κ3) is 16.9. The molecule has 0 aliphatic carbocycles. The Balaban J connectivity index is 0.00000625. The molecule has 152 valence electrons. The molecule has 0 heterocycles. The van der Waals surface area contributed by atoms with Gasteiger partial charge in [-0.25, -0.2) is 0 Å². The molecule has 1 aromatic carbocycles. The average Bonchev–Trinajstić information content (AvgIpc) is 2.65. The molecule has 0 atom stereocenters. The lowest BCUT2D eigenvalue weighted by Crippen LogP contribution is -2.00. The third-order valence-electron chi connectivity index (χ3n) is 5.02. The molecule has 0 aliphatic rings. The van der Waals surface area contributed by atoms with Crippen molar-refractivity contribution in [1.29, 1.82) is 0 Å². The van der Waals surface area contributed by atoms with Gasteiger partial charge in [0.15, 0.2) is 0 Å². The first kappa shape index (κ1) is 25.5. The maximum atomic E-state index is 5.74. The number of hydrogen-bond acceptors (Lipinski definition) is 1. The summed E-state index contributed by atoms with van der Waals surface area (Å²) in [6, 6.07) is 10.6. The van der Waals surface area contributed by atoms with E-state index in [0.717, 1.165) is 19.6 Å². The summed E-state index contributed by atoms with van der Waals surface area (Å²) in [6.07, 6.45) is 20.8. The maximum absolute atomic E-state index is 5.74. The summed E-state index contributed by atoms with van der Waals surface area (Å²) in [5.74, 6) is 0. The first-order valence-corrected chi connectivity index (χ1v) is 11.0. The molecule has 0 unspecified atom stereocenters. The van der Waals surface area contributed by atoms with Crippen LogP contribution in [0.1, 0.15) is 102 Å². The molecule has 0 aliphatic heterocycles. The van der Waals surface area contributed by atoms with Gasteiger partial charge in [0.05, 0.1) is 6.61 Å². The summed E-state index contributed by atoms with van der Waals surface area (Å²) in [5.41, 5.74) is 1.38. The Bertz CT molecular complexity index is 366. The lowest BCUT2D eigenvalue weighted by Gasteiger charge is -2.05. The average molecular weight is 383 g/mol. The molecule has 0 amide bonds. The van der Waals surface area contributed by atoms with Crippen molar-refractivity contribution < 1.29 is 4.74 Å². The second-order valence-electron chi connectivity index (χ2n) is 7.44. The fraction of sp³-hybridized carbons (Fsp3) is 0.750. The highest BCUT2D eigenvalue weighted by molar-refractivity contribution is 5.85. The first-order chi connectivity index (χ1) is 12.4. The number of benzene rings is 1. The molecule has 0 spiro atoms. The van der Waals surface area contributed by atoms with E-state index in [2.05, 4.69) is 37.3 Å². The Morgan fingerprint density at radius 2 is 1.04 bits per heavy atom. The molecule has 1 nitrogen and oxygen atoms in total. The van der Waals surface area contributed by atoms with E-state index in [-0.39, 0.29) is 12.4 Å². The fourth-order valence-electron chi connectivity index (χ4n) is 3.34. The molecule has 0 fully saturated rings. The zero-order valence-corrected chi connectivity index (χ0v) is 18.0. The molecule has 1 rings (SSSR count). The molecule has 0 aromatic heterocycles. The molecule has 0 radical (unpaired) electrons. The van der Waals surface area contributed by atoms with E-state index >= 15 is 0 Å². The van der Waals surface area contributed by atoms with Gasteiger partial charge in [-0.05, 0) is 18.4 Å². The Labute approximate surface area is 169 Å². The SMILES string of the molecule is CCCCCCCCCCCCCCCCOCCc1ccccc1.Cl. The van der Waals surface area contributed by atoms with Crippen molar-refractivity contribution >= 4 is 12.4 Å². The van der Waals surface area contributed by atoms with Crippen molar-refractivity contribution in [3.8, 4) is 0 Å². The van der Waals surface area contributed by atoms with Gasteiger partial charge in [0, 0.05) is 6.61 Å². The van der Waals surface area contributed by atoms with E-state index < -0.39 is 0 Å². The molecule has 0 bridgehead atoms. The molecule has 1 aromatic rings. The summed E-state index contributed by atoms with van der Waals surface area (Å²) >= 11 is 0. The van der Waals surface area contributed by atoms with Crippen LogP contribution in [0.2, 0.25) is 0 Å². The maximum Gasteiger partial charge on any atom is 0.0506 e. The third-order valence-corrected chi connectivity index (χ3v) is 5.02. The van der Waals surface area contributed by atoms with E-state index in [9.17, 15) is 0 Å². The first-order valence-electron chi connectivity index (χ1n) is 11.0. The molecule has 0 saturated heterocycles. The smallest absolute Gasteiger partial charge is 0.0506 e. The summed E-state index contributed by atoms with van der Waals surface area (Å²) in [6.45, 7) is 4.09. The van der Waals surface area contributed by atoms with Crippen molar-refractivity contribution in [1.82, 2.24) is 0 Å². The van der Waals surface area contributed by atoms with Gasteiger partial charge < -0.3 is 4.74 Å². The highest BCUT2D eigenvalue weighted by atomic mass is 35.5. The number of ether oxygens (including phenoxy) is 1. The second kappa shape index (κ2) is 20.8. The Morgan fingerprint density at radius 1 is 0.577 bits per heavy atom. The largest absolute Gasteiger partial charge is 0.381 e. The zero-order valence-electron chi connectivity index (χ0n) is 17.2. The van der Waals surface area contributed by atoms with Crippen LogP contribution in [0.15, 0.2) is 30.3 Å². The highest BCUT2D eigenvalue weighted by Gasteiger charge is 1.95. The van der Waals surface area contributed by atoms with Gasteiger partial charge in [-0.2, -0.15) is 0 Å². The zero-order chi connectivity index (χ0) is 17.8. The molecule has 26 heavy (non-hydrogen) atoms. The van der Waals surface area contributed by atoms with Crippen molar-refractivity contribution in [3.05, 3.63) is 35.9 Å². The normalized spacial score (nSPS) is 10.7. The highest BCUT2D eigenvalue weighted by Crippen LogP contribution is 2.13. The van der Waals surface area contributed by atoms with Gasteiger partial charge in [0.2, 0.25) is 0 Å². The lowest BCUT2D eigenvalue weighted by molar-refractivity contribution is 0.133. The van der Waals surface area contributed by atoms with Crippen LogP contribution in [0.4, 0.5) is 0 Å². The van der Waals surface area contributed by atoms with Gasteiger partial charge in [-0.3, -0.25) is 0 Å². The molecular formula is C24H43ClO. The van der Waals surface area contributed by atoms with Gasteiger partial charge in [-0.15, -0.1) is 12.4 Å². The van der Waals surface area contributed by atoms with Crippen molar-refractivity contribution in [2.24, 2.45) is 0 Å².